The van der Waals surface area contributed by atoms with Crippen LogP contribution < -0.4 is 0 Å². The van der Waals surface area contributed by atoms with Crippen LogP contribution in [0.5, 0.6) is 0 Å². The first-order chi connectivity index (χ1) is 14.2. The van der Waals surface area contributed by atoms with Gasteiger partial charge in [0.05, 0.1) is 11.4 Å². The first kappa shape index (κ1) is 22.0. The zero-order valence-electron chi connectivity index (χ0n) is 16.9. The Morgan fingerprint density at radius 2 is 1.93 bits per heavy atom. The van der Waals surface area contributed by atoms with E-state index in [9.17, 15) is 13.2 Å². The van der Waals surface area contributed by atoms with E-state index >= 15 is 0 Å². The van der Waals surface area contributed by atoms with E-state index in [1.807, 2.05) is 17.5 Å². The van der Waals surface area contributed by atoms with Crippen LogP contribution in [0.25, 0.3) is 22.6 Å². The van der Waals surface area contributed by atoms with Gasteiger partial charge in [-0.3, -0.25) is 9.67 Å². The number of alkyl halides is 3. The number of rotatable bonds is 7. The Hall–Kier alpha value is -2.73. The van der Waals surface area contributed by atoms with E-state index in [2.05, 4.69) is 41.5 Å². The summed E-state index contributed by atoms with van der Waals surface area (Å²) in [6.07, 6.45) is -1.93. The molecule has 0 aliphatic rings. The lowest BCUT2D eigenvalue weighted by Gasteiger charge is -2.13. The molecule has 0 amide bonds. The minimum absolute atomic E-state index is 0.0113. The molecule has 0 aliphatic carbocycles. The third-order valence-electron chi connectivity index (χ3n) is 4.65. The van der Waals surface area contributed by atoms with Crippen LogP contribution in [0.3, 0.4) is 0 Å². The van der Waals surface area contributed by atoms with Crippen LogP contribution in [0.4, 0.5) is 13.2 Å². The summed E-state index contributed by atoms with van der Waals surface area (Å²) >= 11 is 0.814. The fraction of sp³-hybridized carbons (Fsp3) is 0.381. The van der Waals surface area contributed by atoms with Crippen molar-refractivity contribution in [3.8, 4) is 28.0 Å². The Morgan fingerprint density at radius 1 is 1.17 bits per heavy atom. The van der Waals surface area contributed by atoms with Gasteiger partial charge >= 0.3 is 6.18 Å². The normalized spacial score (nSPS) is 11.8. The van der Waals surface area contributed by atoms with E-state index < -0.39 is 11.9 Å². The second-order valence-corrected chi connectivity index (χ2v) is 7.99. The molecule has 0 saturated heterocycles. The Kier molecular flexibility index (Phi) is 6.56. The van der Waals surface area contributed by atoms with Crippen molar-refractivity contribution in [1.29, 1.82) is 5.26 Å². The van der Waals surface area contributed by atoms with Gasteiger partial charge in [0.2, 0.25) is 0 Å². The van der Waals surface area contributed by atoms with Crippen LogP contribution >= 0.6 is 11.8 Å². The smallest absolute Gasteiger partial charge is 0.345 e. The molecule has 0 saturated carbocycles. The second kappa shape index (κ2) is 8.96. The summed E-state index contributed by atoms with van der Waals surface area (Å²) in [4.78, 5) is 4.40. The Balaban J connectivity index is 1.96. The van der Waals surface area contributed by atoms with Crippen molar-refractivity contribution in [2.75, 3.05) is 0 Å². The standard InChI is InChI=1S/C21H22F3N5S/c1-4-28-16(9-14(2)3)6-8-18(28)15-5-7-17(26-11-15)19-10-20(21(22,23)24)27-29(19)13-30-12-25/h5-8,10-11,14H,4,9,13H2,1-3H3. The number of pyridine rings is 1. The quantitative estimate of drug-likeness (QED) is 0.440. The van der Waals surface area contributed by atoms with Gasteiger partial charge in [-0.25, -0.2) is 0 Å². The first-order valence-electron chi connectivity index (χ1n) is 9.55. The summed E-state index contributed by atoms with van der Waals surface area (Å²) in [5.74, 6) is 0.524. The minimum Gasteiger partial charge on any atom is -0.345 e. The van der Waals surface area contributed by atoms with Crippen LogP contribution in [0.1, 0.15) is 32.2 Å². The van der Waals surface area contributed by atoms with E-state index in [1.165, 1.54) is 5.69 Å². The maximum absolute atomic E-state index is 13.1. The zero-order valence-corrected chi connectivity index (χ0v) is 17.8. The number of aromatic nitrogens is 4. The molecule has 0 atom stereocenters. The molecular formula is C21H22F3N5S. The number of nitriles is 1. The van der Waals surface area contributed by atoms with Crippen LogP contribution in [0.2, 0.25) is 0 Å². The van der Waals surface area contributed by atoms with Gasteiger partial charge in [0, 0.05) is 29.7 Å². The van der Waals surface area contributed by atoms with Crippen LogP contribution in [-0.2, 0) is 25.0 Å². The van der Waals surface area contributed by atoms with Gasteiger partial charge in [0.15, 0.2) is 5.69 Å². The summed E-state index contributed by atoms with van der Waals surface area (Å²) < 4.78 is 42.7. The van der Waals surface area contributed by atoms with Crippen LogP contribution in [0, 0.1) is 16.6 Å². The molecule has 3 aromatic heterocycles. The van der Waals surface area contributed by atoms with Gasteiger partial charge < -0.3 is 4.57 Å². The maximum Gasteiger partial charge on any atom is 0.435 e. The fourth-order valence-corrected chi connectivity index (χ4v) is 3.76. The number of nitrogens with zero attached hydrogens (tertiary/aromatic N) is 5. The predicted molar refractivity (Wildman–Crippen MR) is 111 cm³/mol. The highest BCUT2D eigenvalue weighted by Gasteiger charge is 2.35. The van der Waals surface area contributed by atoms with E-state index in [-0.39, 0.29) is 11.6 Å². The van der Waals surface area contributed by atoms with Crippen molar-refractivity contribution in [2.45, 2.75) is 45.8 Å². The molecule has 0 N–H and O–H groups in total. The fourth-order valence-electron chi connectivity index (χ4n) is 3.38. The zero-order chi connectivity index (χ0) is 21.9. The van der Waals surface area contributed by atoms with Crippen molar-refractivity contribution in [1.82, 2.24) is 19.3 Å². The van der Waals surface area contributed by atoms with Crippen LogP contribution in [-0.4, -0.2) is 19.3 Å². The number of thioether (sulfide) groups is 1. The summed E-state index contributed by atoms with van der Waals surface area (Å²) in [6.45, 7) is 7.25. The SMILES string of the molecule is CCn1c(CC(C)C)ccc1-c1ccc(-c2cc(C(F)(F)F)nn2CSC#N)nc1. The van der Waals surface area contributed by atoms with E-state index in [0.717, 1.165) is 46.7 Å². The van der Waals surface area contributed by atoms with Crippen molar-refractivity contribution < 1.29 is 13.2 Å². The Labute approximate surface area is 177 Å². The van der Waals surface area contributed by atoms with Crippen molar-refractivity contribution >= 4 is 11.8 Å². The topological polar surface area (TPSA) is 59.4 Å². The largest absolute Gasteiger partial charge is 0.435 e. The molecular weight excluding hydrogens is 411 g/mol. The monoisotopic (exact) mass is 433 g/mol. The summed E-state index contributed by atoms with van der Waals surface area (Å²) in [5.41, 5.74) is 2.76. The summed E-state index contributed by atoms with van der Waals surface area (Å²) in [5, 5.41) is 14.2. The average molecular weight is 434 g/mol. The molecule has 0 aliphatic heterocycles. The average Bonchev–Trinajstić information content (AvgIpc) is 3.30. The van der Waals surface area contributed by atoms with E-state index in [1.54, 1.807) is 12.3 Å². The molecule has 158 valence electrons. The lowest BCUT2D eigenvalue weighted by molar-refractivity contribution is -0.141. The van der Waals surface area contributed by atoms with E-state index in [0.29, 0.717) is 11.6 Å². The van der Waals surface area contributed by atoms with E-state index in [4.69, 9.17) is 5.26 Å². The molecule has 9 heteroatoms. The molecule has 0 spiro atoms. The number of halogens is 3. The van der Waals surface area contributed by atoms with Gasteiger partial charge in [-0.1, -0.05) is 13.8 Å². The number of thiocyanates is 1. The van der Waals surface area contributed by atoms with Crippen molar-refractivity contribution in [3.63, 3.8) is 0 Å². The van der Waals surface area contributed by atoms with Gasteiger partial charge in [-0.15, -0.1) is 0 Å². The maximum atomic E-state index is 13.1. The van der Waals surface area contributed by atoms with Crippen molar-refractivity contribution in [2.24, 2.45) is 5.92 Å². The molecule has 0 radical (unpaired) electrons. The molecule has 30 heavy (non-hydrogen) atoms. The molecule has 3 aromatic rings. The van der Waals surface area contributed by atoms with Gasteiger partial charge in [0.25, 0.3) is 0 Å². The first-order valence-corrected chi connectivity index (χ1v) is 10.5. The third kappa shape index (κ3) is 4.70. The third-order valence-corrected chi connectivity index (χ3v) is 5.15. The summed E-state index contributed by atoms with van der Waals surface area (Å²) in [6, 6.07) is 8.67. The van der Waals surface area contributed by atoms with Gasteiger partial charge in [0.1, 0.15) is 11.3 Å². The number of hydrogen-bond donors (Lipinski definition) is 0. The van der Waals surface area contributed by atoms with Gasteiger partial charge in [-0.05, 0) is 61.4 Å². The lowest BCUT2D eigenvalue weighted by Crippen LogP contribution is -2.07. The van der Waals surface area contributed by atoms with Crippen LogP contribution in [0.15, 0.2) is 36.5 Å². The highest BCUT2D eigenvalue weighted by molar-refractivity contribution is 8.02. The van der Waals surface area contributed by atoms with Crippen molar-refractivity contribution in [3.05, 3.63) is 47.9 Å². The molecule has 3 heterocycles. The molecule has 0 aromatic carbocycles. The summed E-state index contributed by atoms with van der Waals surface area (Å²) in [7, 11) is 0. The highest BCUT2D eigenvalue weighted by atomic mass is 32.2. The highest BCUT2D eigenvalue weighted by Crippen LogP contribution is 2.32. The molecule has 0 fully saturated rings. The Bertz CT molecular complexity index is 1040. The second-order valence-electron chi connectivity index (χ2n) is 7.26. The predicted octanol–water partition coefficient (Wildman–Crippen LogP) is 5.82. The number of hydrogen-bond acceptors (Lipinski definition) is 4. The Morgan fingerprint density at radius 3 is 2.50 bits per heavy atom. The molecule has 3 rings (SSSR count). The molecule has 5 nitrogen and oxygen atoms in total. The van der Waals surface area contributed by atoms with Gasteiger partial charge in [-0.2, -0.15) is 23.5 Å². The molecule has 0 bridgehead atoms. The lowest BCUT2D eigenvalue weighted by atomic mass is 10.1. The minimum atomic E-state index is -4.56. The molecule has 0 unspecified atom stereocenters.